The van der Waals surface area contributed by atoms with Crippen molar-refractivity contribution in [1.29, 1.82) is 0 Å². The first kappa shape index (κ1) is 16.3. The third-order valence-corrected chi connectivity index (χ3v) is 5.37. The molecule has 1 fully saturated rings. The molecular formula is C15H25N3O2S. The van der Waals surface area contributed by atoms with E-state index in [-0.39, 0.29) is 6.04 Å². The molecule has 0 aliphatic carbocycles. The molecule has 1 aromatic carbocycles. The lowest BCUT2D eigenvalue weighted by molar-refractivity contribution is 0.248. The van der Waals surface area contributed by atoms with Gasteiger partial charge in [0.05, 0.1) is 5.69 Å². The van der Waals surface area contributed by atoms with Gasteiger partial charge in [-0.15, -0.1) is 0 Å². The summed E-state index contributed by atoms with van der Waals surface area (Å²) in [5.41, 5.74) is 1.67. The normalized spacial score (nSPS) is 20.4. The number of aryl methyl sites for hydroxylation is 1. The molecule has 1 unspecified atom stereocenters. The average Bonchev–Trinajstić information content (AvgIpc) is 2.45. The van der Waals surface area contributed by atoms with Crippen LogP contribution in [0.5, 0.6) is 0 Å². The molecule has 1 atom stereocenters. The summed E-state index contributed by atoms with van der Waals surface area (Å²) >= 11 is 0. The quantitative estimate of drug-likeness (QED) is 0.846. The molecule has 0 bridgehead atoms. The summed E-state index contributed by atoms with van der Waals surface area (Å²) in [6, 6.07) is 7.49. The highest BCUT2D eigenvalue weighted by molar-refractivity contribution is 7.90. The lowest BCUT2D eigenvalue weighted by atomic mass is 10.1. The van der Waals surface area contributed by atoms with Gasteiger partial charge in [-0.1, -0.05) is 25.5 Å². The summed E-state index contributed by atoms with van der Waals surface area (Å²) in [6.07, 6.45) is 2.94. The predicted molar refractivity (Wildman–Crippen MR) is 86.6 cm³/mol. The van der Waals surface area contributed by atoms with E-state index in [1.165, 1.54) is 0 Å². The first-order valence-corrected chi connectivity index (χ1v) is 9.04. The van der Waals surface area contributed by atoms with Crippen molar-refractivity contribution in [3.05, 3.63) is 29.8 Å². The van der Waals surface area contributed by atoms with Gasteiger partial charge in [0.1, 0.15) is 0 Å². The summed E-state index contributed by atoms with van der Waals surface area (Å²) in [5.74, 6) is 0. The molecule has 1 aromatic rings. The van der Waals surface area contributed by atoms with E-state index in [1.807, 2.05) is 32.0 Å². The van der Waals surface area contributed by atoms with E-state index in [2.05, 4.69) is 10.0 Å². The van der Waals surface area contributed by atoms with Crippen LogP contribution in [-0.2, 0) is 10.2 Å². The zero-order valence-electron chi connectivity index (χ0n) is 12.8. The van der Waals surface area contributed by atoms with Gasteiger partial charge in [0.25, 0.3) is 0 Å². The van der Waals surface area contributed by atoms with E-state index in [9.17, 15) is 8.42 Å². The number of hydrogen-bond donors (Lipinski definition) is 2. The fourth-order valence-electron chi connectivity index (χ4n) is 2.72. The first-order valence-electron chi connectivity index (χ1n) is 7.60. The second-order valence-electron chi connectivity index (χ2n) is 5.54. The molecule has 0 spiro atoms. The van der Waals surface area contributed by atoms with Gasteiger partial charge < -0.3 is 5.32 Å². The van der Waals surface area contributed by atoms with Crippen molar-refractivity contribution in [2.45, 2.75) is 39.2 Å². The maximum Gasteiger partial charge on any atom is 0.301 e. The molecule has 1 saturated heterocycles. The van der Waals surface area contributed by atoms with Crippen molar-refractivity contribution in [2.75, 3.05) is 24.4 Å². The molecule has 2 rings (SSSR count). The first-order chi connectivity index (χ1) is 10.0. The highest BCUT2D eigenvalue weighted by atomic mass is 32.2. The predicted octanol–water partition coefficient (Wildman–Crippen LogP) is 2.12. The molecule has 118 valence electrons. The second kappa shape index (κ2) is 7.24. The number of rotatable bonds is 6. The van der Waals surface area contributed by atoms with Gasteiger partial charge in [0.15, 0.2) is 0 Å². The van der Waals surface area contributed by atoms with Gasteiger partial charge in [0, 0.05) is 19.1 Å². The van der Waals surface area contributed by atoms with Crippen molar-refractivity contribution >= 4 is 15.9 Å². The third-order valence-electron chi connectivity index (χ3n) is 3.78. The van der Waals surface area contributed by atoms with E-state index in [0.717, 1.165) is 31.4 Å². The van der Waals surface area contributed by atoms with Gasteiger partial charge in [0.2, 0.25) is 0 Å². The summed E-state index contributed by atoms with van der Waals surface area (Å²) in [4.78, 5) is 0. The van der Waals surface area contributed by atoms with E-state index in [4.69, 9.17) is 0 Å². The van der Waals surface area contributed by atoms with Crippen LogP contribution in [0.25, 0.3) is 0 Å². The minimum atomic E-state index is -3.49. The number of anilines is 1. The van der Waals surface area contributed by atoms with E-state index in [1.54, 1.807) is 10.4 Å². The summed E-state index contributed by atoms with van der Waals surface area (Å²) < 4.78 is 29.6. The second-order valence-corrected chi connectivity index (χ2v) is 7.17. The largest absolute Gasteiger partial charge is 0.315 e. The molecular weight excluding hydrogens is 286 g/mol. The molecule has 1 aliphatic heterocycles. The molecule has 1 aliphatic rings. The van der Waals surface area contributed by atoms with Crippen molar-refractivity contribution < 1.29 is 8.42 Å². The van der Waals surface area contributed by atoms with Gasteiger partial charge in [-0.25, -0.2) is 0 Å². The van der Waals surface area contributed by atoms with Crippen LogP contribution < -0.4 is 10.0 Å². The molecule has 2 N–H and O–H groups in total. The molecule has 1 heterocycles. The Kier molecular flexibility index (Phi) is 5.61. The Labute approximate surface area is 127 Å². The lowest BCUT2D eigenvalue weighted by Gasteiger charge is -2.34. The fraction of sp³-hybridized carbons (Fsp3) is 0.600. The Morgan fingerprint density at radius 2 is 2.14 bits per heavy atom. The van der Waals surface area contributed by atoms with Crippen molar-refractivity contribution in [3.8, 4) is 0 Å². The molecule has 0 aromatic heterocycles. The maximum atomic E-state index is 12.6. The zero-order chi connectivity index (χ0) is 15.3. The summed E-state index contributed by atoms with van der Waals surface area (Å²) in [6.45, 7) is 6.15. The number of hydrogen-bond acceptors (Lipinski definition) is 3. The van der Waals surface area contributed by atoms with Crippen LogP contribution in [0.1, 0.15) is 31.7 Å². The monoisotopic (exact) mass is 311 g/mol. The Morgan fingerprint density at radius 1 is 1.33 bits per heavy atom. The van der Waals surface area contributed by atoms with E-state index in [0.29, 0.717) is 18.8 Å². The molecule has 5 nitrogen and oxygen atoms in total. The minimum absolute atomic E-state index is 0.0426. The van der Waals surface area contributed by atoms with Crippen LogP contribution in [0, 0.1) is 6.92 Å². The third kappa shape index (κ3) is 4.43. The van der Waals surface area contributed by atoms with Crippen LogP contribution in [0.2, 0.25) is 0 Å². The summed E-state index contributed by atoms with van der Waals surface area (Å²) in [5, 5.41) is 3.26. The van der Waals surface area contributed by atoms with E-state index >= 15 is 0 Å². The molecule has 0 saturated carbocycles. The van der Waals surface area contributed by atoms with Crippen LogP contribution >= 0.6 is 0 Å². The molecule has 21 heavy (non-hydrogen) atoms. The van der Waals surface area contributed by atoms with Gasteiger partial charge in [-0.05, 0) is 44.0 Å². The molecule has 0 radical (unpaired) electrons. The average molecular weight is 311 g/mol. The lowest BCUT2D eigenvalue weighted by Crippen LogP contribution is -2.50. The zero-order valence-corrected chi connectivity index (χ0v) is 13.6. The van der Waals surface area contributed by atoms with Crippen molar-refractivity contribution in [1.82, 2.24) is 9.62 Å². The molecule has 0 amide bonds. The van der Waals surface area contributed by atoms with Crippen LogP contribution in [0.15, 0.2) is 24.3 Å². The van der Waals surface area contributed by atoms with E-state index < -0.39 is 10.2 Å². The number of nitrogens with zero attached hydrogens (tertiary/aromatic N) is 1. The van der Waals surface area contributed by atoms with Gasteiger partial charge in [-0.3, -0.25) is 4.72 Å². The highest BCUT2D eigenvalue weighted by Gasteiger charge is 2.31. The van der Waals surface area contributed by atoms with Crippen LogP contribution in [-0.4, -0.2) is 38.4 Å². The van der Waals surface area contributed by atoms with Gasteiger partial charge in [-0.2, -0.15) is 12.7 Å². The number of likely N-dealkylation sites (N-methyl/N-ethyl adjacent to an activating group) is 1. The highest BCUT2D eigenvalue weighted by Crippen LogP contribution is 2.22. The Bertz CT molecular complexity index is 560. The number of piperidine rings is 1. The topological polar surface area (TPSA) is 61.4 Å². The Balaban J connectivity index is 2.12. The SMILES string of the molecule is CCNCC1CCCCN1S(=O)(=O)Nc1cccc(C)c1. The molecule has 6 heteroatoms. The Morgan fingerprint density at radius 3 is 2.86 bits per heavy atom. The maximum absolute atomic E-state index is 12.6. The van der Waals surface area contributed by atoms with Crippen molar-refractivity contribution in [2.24, 2.45) is 0 Å². The van der Waals surface area contributed by atoms with Gasteiger partial charge >= 0.3 is 10.2 Å². The Hall–Kier alpha value is -1.11. The summed E-state index contributed by atoms with van der Waals surface area (Å²) in [7, 11) is -3.49. The smallest absolute Gasteiger partial charge is 0.301 e. The fourth-order valence-corrected chi connectivity index (χ4v) is 4.21. The minimum Gasteiger partial charge on any atom is -0.315 e. The standard InChI is InChI=1S/C15H25N3O2S/c1-3-16-12-15-9-4-5-10-18(15)21(19,20)17-14-8-6-7-13(2)11-14/h6-8,11,15-17H,3-5,9-10,12H2,1-2H3. The van der Waals surface area contributed by atoms with Crippen molar-refractivity contribution in [3.63, 3.8) is 0 Å². The number of nitrogens with one attached hydrogen (secondary N) is 2. The number of benzene rings is 1. The van der Waals surface area contributed by atoms with Crippen LogP contribution in [0.3, 0.4) is 0 Å². The van der Waals surface area contributed by atoms with Crippen LogP contribution in [0.4, 0.5) is 5.69 Å².